The van der Waals surface area contributed by atoms with E-state index in [-0.39, 0.29) is 18.9 Å². The van der Waals surface area contributed by atoms with Gasteiger partial charge < -0.3 is 25.7 Å². The number of carbonyl (C=O) groups is 3. The van der Waals surface area contributed by atoms with Crippen LogP contribution in [-0.4, -0.2) is 76.0 Å². The Bertz CT molecular complexity index is 590. The molecule has 0 aliphatic carbocycles. The van der Waals surface area contributed by atoms with E-state index in [2.05, 4.69) is 34.5 Å². The summed E-state index contributed by atoms with van der Waals surface area (Å²) in [7, 11) is 3.59. The van der Waals surface area contributed by atoms with Crippen molar-refractivity contribution < 1.29 is 24.6 Å². The van der Waals surface area contributed by atoms with Crippen LogP contribution in [0.5, 0.6) is 0 Å². The normalized spacial score (nSPS) is 15.2. The van der Waals surface area contributed by atoms with Crippen molar-refractivity contribution in [3.8, 4) is 0 Å². The number of carboxylic acid groups (broad SMARTS) is 2. The van der Waals surface area contributed by atoms with Gasteiger partial charge in [0.25, 0.3) is 12.9 Å². The number of aryl methyl sites for hydroxylation is 1. The van der Waals surface area contributed by atoms with Crippen LogP contribution in [0.2, 0.25) is 0 Å². The topological polar surface area (TPSA) is 137 Å². The Morgan fingerprint density at radius 3 is 2.14 bits per heavy atom. The average Bonchev–Trinajstić information content (AvgIpc) is 3.12. The van der Waals surface area contributed by atoms with Gasteiger partial charge in [-0.2, -0.15) is 5.10 Å². The monoisotopic (exact) mass is 413 g/mol. The van der Waals surface area contributed by atoms with E-state index in [1.165, 1.54) is 12.8 Å². The number of rotatable bonds is 7. The molecule has 1 aromatic rings. The summed E-state index contributed by atoms with van der Waals surface area (Å²) in [5, 5.41) is 24.4. The van der Waals surface area contributed by atoms with E-state index >= 15 is 0 Å². The minimum absolute atomic E-state index is 0.0605. The summed E-state index contributed by atoms with van der Waals surface area (Å²) in [6, 6.07) is 1.92. The number of carbonyl (C=O) groups excluding carboxylic acids is 1. The molecule has 166 valence electrons. The van der Waals surface area contributed by atoms with Gasteiger partial charge in [-0.1, -0.05) is 26.7 Å². The molecule has 1 aromatic heterocycles. The summed E-state index contributed by atoms with van der Waals surface area (Å²) in [4.78, 5) is 31.7. The Morgan fingerprint density at radius 1 is 1.24 bits per heavy atom. The standard InChI is InChI=1S/C17H31N5O.2CH2O2/c1-5-14(6-2)13-22-11-8-17(9-12-22,16(23)18-3)19-15-7-10-21(4)20-15;2*2-1-3/h7,10,14H,5-6,8-9,11-13H2,1-4H3,(H,18,23)(H,19,20);2*1H,(H,2,3). The highest BCUT2D eigenvalue weighted by Crippen LogP contribution is 2.28. The van der Waals surface area contributed by atoms with Gasteiger partial charge in [-0.25, -0.2) is 0 Å². The van der Waals surface area contributed by atoms with Gasteiger partial charge in [0.05, 0.1) is 0 Å². The van der Waals surface area contributed by atoms with E-state index < -0.39 is 5.54 Å². The predicted molar refractivity (Wildman–Crippen MR) is 111 cm³/mol. The second-order valence-electron chi connectivity index (χ2n) is 6.85. The van der Waals surface area contributed by atoms with Crippen molar-refractivity contribution in [3.63, 3.8) is 0 Å². The van der Waals surface area contributed by atoms with Crippen molar-refractivity contribution in [2.45, 2.75) is 45.1 Å². The average molecular weight is 414 g/mol. The minimum Gasteiger partial charge on any atom is -0.483 e. The van der Waals surface area contributed by atoms with Crippen LogP contribution in [0.25, 0.3) is 0 Å². The zero-order valence-electron chi connectivity index (χ0n) is 17.8. The minimum atomic E-state index is -0.548. The van der Waals surface area contributed by atoms with Crippen molar-refractivity contribution in [2.75, 3.05) is 32.0 Å². The molecule has 1 fully saturated rings. The third kappa shape index (κ3) is 8.95. The second-order valence-corrected chi connectivity index (χ2v) is 6.85. The van der Waals surface area contributed by atoms with Gasteiger partial charge in [-0.05, 0) is 18.8 Å². The maximum atomic E-state index is 12.5. The first-order valence-corrected chi connectivity index (χ1v) is 9.74. The highest BCUT2D eigenvalue weighted by Gasteiger charge is 2.41. The summed E-state index contributed by atoms with van der Waals surface area (Å²) in [6.45, 7) is 7.05. The Morgan fingerprint density at radius 2 is 1.76 bits per heavy atom. The van der Waals surface area contributed by atoms with Crippen LogP contribution in [-0.2, 0) is 21.4 Å². The molecular weight excluding hydrogens is 378 g/mol. The van der Waals surface area contributed by atoms with E-state index in [1.54, 1.807) is 11.7 Å². The Hall–Kier alpha value is -2.62. The van der Waals surface area contributed by atoms with E-state index in [4.69, 9.17) is 19.8 Å². The van der Waals surface area contributed by atoms with Crippen molar-refractivity contribution in [2.24, 2.45) is 13.0 Å². The lowest BCUT2D eigenvalue weighted by atomic mass is 9.85. The maximum absolute atomic E-state index is 12.5. The Labute approximate surface area is 172 Å². The summed E-state index contributed by atoms with van der Waals surface area (Å²) in [5.74, 6) is 1.58. The number of anilines is 1. The number of amides is 1. The van der Waals surface area contributed by atoms with Crippen LogP contribution in [0, 0.1) is 5.92 Å². The van der Waals surface area contributed by atoms with Crippen molar-refractivity contribution >= 4 is 24.7 Å². The molecular formula is C19H35N5O5. The molecule has 10 heteroatoms. The van der Waals surface area contributed by atoms with Gasteiger partial charge in [0.2, 0.25) is 5.91 Å². The van der Waals surface area contributed by atoms with Crippen LogP contribution in [0.15, 0.2) is 12.3 Å². The van der Waals surface area contributed by atoms with E-state index in [0.29, 0.717) is 0 Å². The molecule has 0 bridgehead atoms. The zero-order valence-corrected chi connectivity index (χ0v) is 17.8. The molecule has 0 spiro atoms. The molecule has 1 aliphatic rings. The summed E-state index contributed by atoms with van der Waals surface area (Å²) in [5.41, 5.74) is -0.548. The number of nitrogens with zero attached hydrogens (tertiary/aromatic N) is 3. The number of piperidine rings is 1. The third-order valence-electron chi connectivity index (χ3n) is 5.12. The molecule has 4 N–H and O–H groups in total. The van der Waals surface area contributed by atoms with Crippen LogP contribution in [0.4, 0.5) is 5.82 Å². The summed E-state index contributed by atoms with van der Waals surface area (Å²) >= 11 is 0. The van der Waals surface area contributed by atoms with Crippen LogP contribution in [0.1, 0.15) is 39.5 Å². The lowest BCUT2D eigenvalue weighted by Crippen LogP contribution is -2.58. The molecule has 29 heavy (non-hydrogen) atoms. The lowest BCUT2D eigenvalue weighted by Gasteiger charge is -2.41. The fourth-order valence-corrected chi connectivity index (χ4v) is 3.40. The summed E-state index contributed by atoms with van der Waals surface area (Å²) < 4.78 is 1.75. The molecule has 0 unspecified atom stereocenters. The Balaban J connectivity index is 0.00000116. The van der Waals surface area contributed by atoms with Gasteiger partial charge in [0.15, 0.2) is 0 Å². The first kappa shape index (κ1) is 26.4. The van der Waals surface area contributed by atoms with Gasteiger partial charge in [0, 0.05) is 46.0 Å². The third-order valence-corrected chi connectivity index (χ3v) is 5.12. The first-order chi connectivity index (χ1) is 13.9. The predicted octanol–water partition coefficient (Wildman–Crippen LogP) is 1.25. The van der Waals surface area contributed by atoms with Crippen LogP contribution < -0.4 is 10.6 Å². The van der Waals surface area contributed by atoms with Crippen LogP contribution in [0.3, 0.4) is 0 Å². The molecule has 0 atom stereocenters. The number of likely N-dealkylation sites (tertiary alicyclic amines) is 1. The number of nitrogens with one attached hydrogen (secondary N) is 2. The lowest BCUT2D eigenvalue weighted by molar-refractivity contribution is -0.126. The molecule has 1 aliphatic heterocycles. The maximum Gasteiger partial charge on any atom is 0.290 e. The second kappa shape index (κ2) is 14.4. The zero-order chi connectivity index (χ0) is 22.3. The van der Waals surface area contributed by atoms with Gasteiger partial charge in [-0.15, -0.1) is 0 Å². The van der Waals surface area contributed by atoms with Crippen molar-refractivity contribution in [3.05, 3.63) is 12.3 Å². The molecule has 0 radical (unpaired) electrons. The van der Waals surface area contributed by atoms with E-state index in [9.17, 15) is 4.79 Å². The fraction of sp³-hybridized carbons (Fsp3) is 0.684. The first-order valence-electron chi connectivity index (χ1n) is 9.74. The highest BCUT2D eigenvalue weighted by atomic mass is 16.3. The van der Waals surface area contributed by atoms with Crippen molar-refractivity contribution in [1.29, 1.82) is 0 Å². The molecule has 2 rings (SSSR count). The number of aromatic nitrogens is 2. The number of likely N-dealkylation sites (N-methyl/N-ethyl adjacent to an activating group) is 1. The molecule has 2 heterocycles. The molecule has 0 aromatic carbocycles. The van der Waals surface area contributed by atoms with Crippen LogP contribution >= 0.6 is 0 Å². The summed E-state index contributed by atoms with van der Waals surface area (Å²) in [6.07, 6.45) is 5.95. The fourth-order valence-electron chi connectivity index (χ4n) is 3.40. The highest BCUT2D eigenvalue weighted by molar-refractivity contribution is 5.89. The van der Waals surface area contributed by atoms with Crippen molar-refractivity contribution in [1.82, 2.24) is 20.0 Å². The van der Waals surface area contributed by atoms with E-state index in [1.807, 2.05) is 19.3 Å². The molecule has 0 saturated carbocycles. The Kier molecular flexibility index (Phi) is 13.1. The molecule has 1 amide bonds. The SMILES string of the molecule is CCC(CC)CN1CCC(Nc2ccn(C)n2)(C(=O)NC)CC1.O=CO.O=CO. The largest absolute Gasteiger partial charge is 0.483 e. The quantitative estimate of drug-likeness (QED) is 0.490. The number of hydrogen-bond donors (Lipinski definition) is 4. The molecule has 1 saturated heterocycles. The smallest absolute Gasteiger partial charge is 0.290 e. The van der Waals surface area contributed by atoms with Gasteiger partial charge in [-0.3, -0.25) is 19.1 Å². The van der Waals surface area contributed by atoms with Gasteiger partial charge >= 0.3 is 0 Å². The van der Waals surface area contributed by atoms with Gasteiger partial charge in [0.1, 0.15) is 11.4 Å². The molecule has 10 nitrogen and oxygen atoms in total. The number of hydrogen-bond acceptors (Lipinski definition) is 6. The van der Waals surface area contributed by atoms with E-state index in [0.717, 1.165) is 44.2 Å².